The fraction of sp³-hybridized carbons (Fsp3) is 0.0667. The standard InChI is InChI=1S/C15H13N3O5/c1-9-5-4-7-11(13(9)14(19)20)17-15(21)16-10-6-2-3-8-12(10)18(22)23/h2-8H,1H3,(H,19,20)(H2,16,17,21). The van der Waals surface area contributed by atoms with Crippen LogP contribution < -0.4 is 10.6 Å². The van der Waals surface area contributed by atoms with Gasteiger partial charge in [-0.2, -0.15) is 0 Å². The zero-order valence-electron chi connectivity index (χ0n) is 12.1. The number of anilines is 2. The molecule has 0 spiro atoms. The van der Waals surface area contributed by atoms with Crippen molar-refractivity contribution < 1.29 is 19.6 Å². The van der Waals surface area contributed by atoms with Crippen molar-refractivity contribution in [1.82, 2.24) is 0 Å². The van der Waals surface area contributed by atoms with Crippen molar-refractivity contribution in [2.24, 2.45) is 0 Å². The molecule has 0 unspecified atom stereocenters. The van der Waals surface area contributed by atoms with Crippen LogP contribution in [0.3, 0.4) is 0 Å². The second kappa shape index (κ2) is 6.56. The minimum atomic E-state index is -1.18. The number of nitrogens with zero attached hydrogens (tertiary/aromatic N) is 1. The highest BCUT2D eigenvalue weighted by Crippen LogP contribution is 2.24. The maximum Gasteiger partial charge on any atom is 0.338 e. The van der Waals surface area contributed by atoms with E-state index in [0.717, 1.165) is 0 Å². The van der Waals surface area contributed by atoms with Crippen molar-refractivity contribution in [3.63, 3.8) is 0 Å². The molecule has 2 amide bonds. The number of aryl methyl sites for hydroxylation is 1. The summed E-state index contributed by atoms with van der Waals surface area (Å²) in [4.78, 5) is 33.6. The van der Waals surface area contributed by atoms with Gasteiger partial charge in [0.1, 0.15) is 5.69 Å². The maximum absolute atomic E-state index is 12.0. The first-order valence-corrected chi connectivity index (χ1v) is 6.54. The quantitative estimate of drug-likeness (QED) is 0.590. The molecular weight excluding hydrogens is 302 g/mol. The van der Waals surface area contributed by atoms with Crippen LogP contribution in [0.5, 0.6) is 0 Å². The Kier molecular flexibility index (Phi) is 4.55. The average Bonchev–Trinajstić information content (AvgIpc) is 2.47. The number of hydrogen-bond donors (Lipinski definition) is 3. The van der Waals surface area contributed by atoms with Gasteiger partial charge >= 0.3 is 12.0 Å². The predicted molar refractivity (Wildman–Crippen MR) is 83.9 cm³/mol. The van der Waals surface area contributed by atoms with E-state index in [1.165, 1.54) is 30.3 Å². The Morgan fingerprint density at radius 2 is 1.65 bits per heavy atom. The Morgan fingerprint density at radius 3 is 2.30 bits per heavy atom. The van der Waals surface area contributed by atoms with Crippen LogP contribution in [0.4, 0.5) is 21.9 Å². The van der Waals surface area contributed by atoms with Gasteiger partial charge in [-0.05, 0) is 24.6 Å². The molecule has 0 radical (unpaired) electrons. The van der Waals surface area contributed by atoms with Crippen molar-refractivity contribution in [2.75, 3.05) is 10.6 Å². The van der Waals surface area contributed by atoms with Crippen LogP contribution in [0, 0.1) is 17.0 Å². The zero-order chi connectivity index (χ0) is 17.0. The molecule has 0 bridgehead atoms. The molecule has 2 rings (SSSR count). The van der Waals surface area contributed by atoms with Crippen molar-refractivity contribution in [2.45, 2.75) is 6.92 Å². The highest BCUT2D eigenvalue weighted by Gasteiger charge is 2.17. The van der Waals surface area contributed by atoms with Crippen LogP contribution in [0.15, 0.2) is 42.5 Å². The Labute approximate surface area is 130 Å². The van der Waals surface area contributed by atoms with E-state index in [-0.39, 0.29) is 22.6 Å². The molecule has 3 N–H and O–H groups in total. The number of nitrogens with one attached hydrogen (secondary N) is 2. The van der Waals surface area contributed by atoms with Gasteiger partial charge in [0.25, 0.3) is 5.69 Å². The molecule has 0 saturated carbocycles. The molecule has 118 valence electrons. The number of nitro benzene ring substituents is 1. The largest absolute Gasteiger partial charge is 0.478 e. The lowest BCUT2D eigenvalue weighted by Crippen LogP contribution is -2.21. The number of carboxylic acids is 1. The summed E-state index contributed by atoms with van der Waals surface area (Å²) in [7, 11) is 0. The van der Waals surface area contributed by atoms with Gasteiger partial charge in [-0.1, -0.05) is 24.3 Å². The van der Waals surface area contributed by atoms with E-state index >= 15 is 0 Å². The molecule has 0 aromatic heterocycles. The number of carbonyl (C=O) groups excluding carboxylic acids is 1. The second-order valence-corrected chi connectivity index (χ2v) is 4.66. The highest BCUT2D eigenvalue weighted by atomic mass is 16.6. The first-order valence-electron chi connectivity index (χ1n) is 6.54. The molecule has 0 heterocycles. The summed E-state index contributed by atoms with van der Waals surface area (Å²) in [6.07, 6.45) is 0. The number of carboxylic acid groups (broad SMARTS) is 1. The predicted octanol–water partition coefficient (Wildman–Crippen LogP) is 3.25. The third-order valence-corrected chi connectivity index (χ3v) is 3.08. The number of para-hydroxylation sites is 2. The average molecular weight is 315 g/mol. The third-order valence-electron chi connectivity index (χ3n) is 3.08. The van der Waals surface area contributed by atoms with E-state index in [1.54, 1.807) is 19.1 Å². The maximum atomic E-state index is 12.0. The number of urea groups is 1. The van der Waals surface area contributed by atoms with Crippen molar-refractivity contribution >= 4 is 29.1 Å². The summed E-state index contributed by atoms with van der Waals surface area (Å²) < 4.78 is 0. The normalized spacial score (nSPS) is 9.96. The number of aromatic carboxylic acids is 1. The van der Waals surface area contributed by atoms with Crippen LogP contribution in [-0.4, -0.2) is 22.0 Å². The molecular formula is C15H13N3O5. The molecule has 2 aromatic rings. The lowest BCUT2D eigenvalue weighted by Gasteiger charge is -2.11. The van der Waals surface area contributed by atoms with Gasteiger partial charge in [0.05, 0.1) is 16.2 Å². The Morgan fingerprint density at radius 1 is 1.04 bits per heavy atom. The highest BCUT2D eigenvalue weighted by molar-refractivity contribution is 6.05. The molecule has 0 fully saturated rings. The van der Waals surface area contributed by atoms with Crippen molar-refractivity contribution in [3.05, 3.63) is 63.7 Å². The Hall–Kier alpha value is -3.42. The summed E-state index contributed by atoms with van der Waals surface area (Å²) in [5.41, 5.74) is 0.310. The van der Waals surface area contributed by atoms with Crippen molar-refractivity contribution in [3.8, 4) is 0 Å². The SMILES string of the molecule is Cc1cccc(NC(=O)Nc2ccccc2[N+](=O)[O-])c1C(=O)O. The first kappa shape index (κ1) is 16.0. The van der Waals surface area contributed by atoms with Crippen molar-refractivity contribution in [1.29, 1.82) is 0 Å². The summed E-state index contributed by atoms with van der Waals surface area (Å²) in [6, 6.07) is 9.53. The summed E-state index contributed by atoms with van der Waals surface area (Å²) in [5.74, 6) is -1.18. The fourth-order valence-corrected chi connectivity index (χ4v) is 2.07. The topological polar surface area (TPSA) is 122 Å². The lowest BCUT2D eigenvalue weighted by molar-refractivity contribution is -0.383. The molecule has 2 aromatic carbocycles. The van der Waals surface area contributed by atoms with E-state index < -0.39 is 16.9 Å². The summed E-state index contributed by atoms with van der Waals surface area (Å²) in [6.45, 7) is 1.61. The number of benzene rings is 2. The van der Waals surface area contributed by atoms with Gasteiger partial charge in [-0.25, -0.2) is 9.59 Å². The van der Waals surface area contributed by atoms with Gasteiger partial charge in [0.15, 0.2) is 0 Å². The van der Waals surface area contributed by atoms with Crippen LogP contribution in [0.25, 0.3) is 0 Å². The smallest absolute Gasteiger partial charge is 0.338 e. The van der Waals surface area contributed by atoms with E-state index in [0.29, 0.717) is 5.56 Å². The number of nitro groups is 1. The van der Waals surface area contributed by atoms with E-state index in [1.807, 2.05) is 0 Å². The summed E-state index contributed by atoms with van der Waals surface area (Å²) >= 11 is 0. The number of amides is 2. The molecule has 0 atom stereocenters. The molecule has 8 heteroatoms. The molecule has 0 aliphatic rings. The molecule has 0 saturated heterocycles. The summed E-state index contributed by atoms with van der Waals surface area (Å²) in [5, 5.41) is 24.8. The zero-order valence-corrected chi connectivity index (χ0v) is 12.1. The van der Waals surface area contributed by atoms with Crippen LogP contribution >= 0.6 is 0 Å². The molecule has 23 heavy (non-hydrogen) atoms. The van der Waals surface area contributed by atoms with E-state index in [9.17, 15) is 24.8 Å². The monoisotopic (exact) mass is 315 g/mol. The van der Waals surface area contributed by atoms with Gasteiger partial charge in [-0.15, -0.1) is 0 Å². The van der Waals surface area contributed by atoms with Crippen LogP contribution in [0.2, 0.25) is 0 Å². The lowest BCUT2D eigenvalue weighted by atomic mass is 10.1. The third kappa shape index (κ3) is 3.62. The minimum Gasteiger partial charge on any atom is -0.478 e. The van der Waals surface area contributed by atoms with Crippen LogP contribution in [0.1, 0.15) is 15.9 Å². The van der Waals surface area contributed by atoms with Gasteiger partial charge < -0.3 is 15.7 Å². The van der Waals surface area contributed by atoms with E-state index in [2.05, 4.69) is 10.6 Å². The van der Waals surface area contributed by atoms with Gasteiger partial charge in [0.2, 0.25) is 0 Å². The molecule has 0 aliphatic carbocycles. The van der Waals surface area contributed by atoms with Gasteiger partial charge in [-0.3, -0.25) is 10.1 Å². The fourth-order valence-electron chi connectivity index (χ4n) is 2.07. The first-order chi connectivity index (χ1) is 10.9. The second-order valence-electron chi connectivity index (χ2n) is 4.66. The molecule has 8 nitrogen and oxygen atoms in total. The number of rotatable bonds is 4. The van der Waals surface area contributed by atoms with Crippen LogP contribution in [-0.2, 0) is 0 Å². The van der Waals surface area contributed by atoms with E-state index in [4.69, 9.17) is 0 Å². The number of hydrogen-bond acceptors (Lipinski definition) is 4. The Bertz CT molecular complexity index is 788. The van der Waals surface area contributed by atoms with Gasteiger partial charge in [0, 0.05) is 6.07 Å². The number of carbonyl (C=O) groups is 2. The minimum absolute atomic E-state index is 0.0135. The molecule has 0 aliphatic heterocycles. The Balaban J connectivity index is 2.23.